The number of benzene rings is 3. The van der Waals surface area contributed by atoms with Gasteiger partial charge in [-0.2, -0.15) is 5.10 Å². The van der Waals surface area contributed by atoms with Crippen molar-refractivity contribution in [2.75, 3.05) is 18.8 Å². The number of carbonyl (C=O) groups is 1. The Bertz CT molecular complexity index is 1480. The SMILES string of the molecule is O=C(O)CS(=O)(=O)N1CCC(c2[nH]nc3ccc(C(c4ccc(Cl)cc4)c4ccc(Cl)cc4)cc23)CC1. The third-order valence-corrected chi connectivity index (χ3v) is 9.18. The molecule has 192 valence electrons. The van der Waals surface area contributed by atoms with Gasteiger partial charge in [-0.3, -0.25) is 9.89 Å². The van der Waals surface area contributed by atoms with E-state index in [2.05, 4.69) is 22.3 Å². The standard InChI is InChI=1S/C27H25Cl2N3O4S/c28-21-6-1-17(2-7-21)26(18-3-8-22(29)9-4-18)20-5-10-24-23(15-20)27(31-30-24)19-11-13-32(14-12-19)37(35,36)16-25(33)34/h1-10,15,19,26H,11-14,16H2,(H,30,31)(H,33,34). The summed E-state index contributed by atoms with van der Waals surface area (Å²) in [5.74, 6) is -2.19. The van der Waals surface area contributed by atoms with E-state index < -0.39 is 21.7 Å². The molecule has 2 heterocycles. The lowest BCUT2D eigenvalue weighted by Gasteiger charge is -2.30. The van der Waals surface area contributed by atoms with Crippen LogP contribution in [0.25, 0.3) is 10.9 Å². The maximum atomic E-state index is 12.3. The van der Waals surface area contributed by atoms with Crippen molar-refractivity contribution in [3.05, 3.63) is 99.2 Å². The van der Waals surface area contributed by atoms with Crippen molar-refractivity contribution in [2.45, 2.75) is 24.7 Å². The number of hydrogen-bond acceptors (Lipinski definition) is 4. The van der Waals surface area contributed by atoms with Gasteiger partial charge in [0.05, 0.1) is 5.52 Å². The number of aromatic amines is 1. The molecule has 1 aliphatic heterocycles. The number of carboxylic acid groups (broad SMARTS) is 1. The molecule has 1 fully saturated rings. The van der Waals surface area contributed by atoms with E-state index in [1.165, 1.54) is 4.31 Å². The van der Waals surface area contributed by atoms with Crippen LogP contribution in [0.4, 0.5) is 0 Å². The van der Waals surface area contributed by atoms with Crippen LogP contribution in [-0.4, -0.2) is 52.8 Å². The van der Waals surface area contributed by atoms with Crippen molar-refractivity contribution in [1.29, 1.82) is 0 Å². The molecule has 10 heteroatoms. The molecule has 1 aliphatic rings. The van der Waals surface area contributed by atoms with Gasteiger partial charge in [0.2, 0.25) is 10.0 Å². The van der Waals surface area contributed by atoms with Gasteiger partial charge in [0.15, 0.2) is 5.75 Å². The van der Waals surface area contributed by atoms with Crippen LogP contribution < -0.4 is 0 Å². The summed E-state index contributed by atoms with van der Waals surface area (Å²) in [6.07, 6.45) is 1.16. The van der Waals surface area contributed by atoms with Crippen molar-refractivity contribution in [2.24, 2.45) is 0 Å². The fourth-order valence-corrected chi connectivity index (χ4v) is 6.61. The molecule has 0 saturated carbocycles. The lowest BCUT2D eigenvalue weighted by atomic mass is 9.84. The zero-order valence-electron chi connectivity index (χ0n) is 19.8. The van der Waals surface area contributed by atoms with Gasteiger partial charge in [0, 0.05) is 46.1 Å². The number of aromatic nitrogens is 2. The Morgan fingerprint density at radius 3 is 2.03 bits per heavy atom. The third kappa shape index (κ3) is 5.52. The quantitative estimate of drug-likeness (QED) is 0.286. The highest BCUT2D eigenvalue weighted by Crippen LogP contribution is 2.37. The lowest BCUT2D eigenvalue weighted by molar-refractivity contribution is -0.134. The average Bonchev–Trinajstić information content (AvgIpc) is 3.29. The minimum absolute atomic E-state index is 0.0512. The number of rotatable bonds is 7. The highest BCUT2D eigenvalue weighted by atomic mass is 35.5. The van der Waals surface area contributed by atoms with Gasteiger partial charge in [0.1, 0.15) is 0 Å². The number of piperidine rings is 1. The van der Waals surface area contributed by atoms with Gasteiger partial charge in [-0.1, -0.05) is 53.5 Å². The largest absolute Gasteiger partial charge is 0.480 e. The fraction of sp³-hybridized carbons (Fsp3) is 0.259. The maximum absolute atomic E-state index is 12.3. The third-order valence-electron chi connectivity index (χ3n) is 6.91. The van der Waals surface area contributed by atoms with Crippen molar-refractivity contribution in [1.82, 2.24) is 14.5 Å². The number of aliphatic carboxylic acids is 1. The Morgan fingerprint density at radius 2 is 1.49 bits per heavy atom. The van der Waals surface area contributed by atoms with Gasteiger partial charge in [0.25, 0.3) is 0 Å². The van der Waals surface area contributed by atoms with Crippen LogP contribution in [0.5, 0.6) is 0 Å². The maximum Gasteiger partial charge on any atom is 0.320 e. The number of carboxylic acids is 1. The molecule has 0 unspecified atom stereocenters. The molecular formula is C27H25Cl2N3O4S. The molecule has 0 bridgehead atoms. The van der Waals surface area contributed by atoms with Gasteiger partial charge in [-0.25, -0.2) is 12.7 Å². The predicted molar refractivity (Wildman–Crippen MR) is 145 cm³/mol. The molecule has 0 aliphatic carbocycles. The molecule has 1 saturated heterocycles. The fourth-order valence-electron chi connectivity index (χ4n) is 5.10. The van der Waals surface area contributed by atoms with Gasteiger partial charge in [-0.05, 0) is 65.9 Å². The molecular weight excluding hydrogens is 533 g/mol. The Morgan fingerprint density at radius 1 is 0.946 bits per heavy atom. The Kier molecular flexibility index (Phi) is 7.27. The van der Waals surface area contributed by atoms with E-state index in [0.29, 0.717) is 22.9 Å². The normalized spacial score (nSPS) is 15.4. The smallest absolute Gasteiger partial charge is 0.320 e. The Balaban J connectivity index is 1.47. The number of halogens is 2. The molecule has 5 rings (SSSR count). The highest BCUT2D eigenvalue weighted by Gasteiger charge is 2.31. The molecule has 0 amide bonds. The minimum Gasteiger partial charge on any atom is -0.480 e. The summed E-state index contributed by atoms with van der Waals surface area (Å²) < 4.78 is 26.0. The predicted octanol–water partition coefficient (Wildman–Crippen LogP) is 5.64. The number of sulfonamides is 1. The van der Waals surface area contributed by atoms with Crippen LogP contribution in [0.3, 0.4) is 0 Å². The molecule has 0 radical (unpaired) electrons. The molecule has 4 aromatic rings. The van der Waals surface area contributed by atoms with Gasteiger partial charge in [-0.15, -0.1) is 0 Å². The number of H-pyrrole nitrogens is 1. The van der Waals surface area contributed by atoms with Crippen LogP contribution in [-0.2, 0) is 14.8 Å². The van der Waals surface area contributed by atoms with Gasteiger partial charge >= 0.3 is 5.97 Å². The summed E-state index contributed by atoms with van der Waals surface area (Å²) in [5, 5.41) is 19.0. The van der Waals surface area contributed by atoms with Crippen LogP contribution in [0.2, 0.25) is 10.0 Å². The van der Waals surface area contributed by atoms with E-state index >= 15 is 0 Å². The Hall–Kier alpha value is -2.91. The summed E-state index contributed by atoms with van der Waals surface area (Å²) in [5.41, 5.74) is 5.08. The molecule has 7 nitrogen and oxygen atoms in total. The second-order valence-corrected chi connectivity index (χ2v) is 12.1. The molecule has 0 spiro atoms. The molecule has 1 aromatic heterocycles. The van der Waals surface area contributed by atoms with E-state index in [1.807, 2.05) is 54.6 Å². The van der Waals surface area contributed by atoms with Crippen molar-refractivity contribution < 1.29 is 18.3 Å². The zero-order chi connectivity index (χ0) is 26.2. The summed E-state index contributed by atoms with van der Waals surface area (Å²) in [6.45, 7) is 0.553. The topological polar surface area (TPSA) is 103 Å². The van der Waals surface area contributed by atoms with Crippen molar-refractivity contribution in [3.8, 4) is 0 Å². The lowest BCUT2D eigenvalue weighted by Crippen LogP contribution is -2.40. The first-order valence-electron chi connectivity index (χ1n) is 11.9. The number of fused-ring (bicyclic) bond motifs is 1. The van der Waals surface area contributed by atoms with Crippen LogP contribution in [0.1, 0.15) is 47.1 Å². The summed E-state index contributed by atoms with van der Waals surface area (Å²) in [6, 6.07) is 21.8. The monoisotopic (exact) mass is 557 g/mol. The second kappa shape index (κ2) is 10.5. The molecule has 3 aromatic carbocycles. The second-order valence-electron chi connectivity index (χ2n) is 9.27. The van der Waals surface area contributed by atoms with E-state index in [0.717, 1.165) is 33.3 Å². The summed E-state index contributed by atoms with van der Waals surface area (Å²) in [7, 11) is -3.81. The van der Waals surface area contributed by atoms with Crippen molar-refractivity contribution >= 4 is 50.1 Å². The first-order chi connectivity index (χ1) is 17.7. The average molecular weight is 558 g/mol. The molecule has 2 N–H and O–H groups in total. The first-order valence-corrected chi connectivity index (χ1v) is 14.3. The Labute approximate surface area is 225 Å². The first kappa shape index (κ1) is 25.7. The molecule has 37 heavy (non-hydrogen) atoms. The number of hydrogen-bond donors (Lipinski definition) is 2. The van der Waals surface area contributed by atoms with E-state index in [9.17, 15) is 13.2 Å². The van der Waals surface area contributed by atoms with E-state index in [4.69, 9.17) is 28.3 Å². The number of nitrogens with one attached hydrogen (secondary N) is 1. The minimum atomic E-state index is -3.81. The van der Waals surface area contributed by atoms with E-state index in [-0.39, 0.29) is 24.9 Å². The number of nitrogens with zero attached hydrogens (tertiary/aromatic N) is 2. The van der Waals surface area contributed by atoms with E-state index in [1.54, 1.807) is 0 Å². The highest BCUT2D eigenvalue weighted by molar-refractivity contribution is 7.89. The van der Waals surface area contributed by atoms with Gasteiger partial charge < -0.3 is 5.11 Å². The zero-order valence-corrected chi connectivity index (χ0v) is 22.1. The summed E-state index contributed by atoms with van der Waals surface area (Å²) in [4.78, 5) is 10.9. The van der Waals surface area contributed by atoms with Crippen LogP contribution in [0, 0.1) is 0 Å². The van der Waals surface area contributed by atoms with Crippen LogP contribution in [0.15, 0.2) is 66.7 Å². The summed E-state index contributed by atoms with van der Waals surface area (Å²) >= 11 is 12.3. The molecule has 0 atom stereocenters. The van der Waals surface area contributed by atoms with Crippen molar-refractivity contribution in [3.63, 3.8) is 0 Å². The van der Waals surface area contributed by atoms with Crippen LogP contribution >= 0.6 is 23.2 Å².